The van der Waals surface area contributed by atoms with Crippen LogP contribution in [0.3, 0.4) is 0 Å². The molecule has 0 saturated carbocycles. The maximum absolute atomic E-state index is 14.4. The summed E-state index contributed by atoms with van der Waals surface area (Å²) in [6.45, 7) is 7.62. The highest BCUT2D eigenvalue weighted by atomic mass is 19.1. The van der Waals surface area contributed by atoms with E-state index < -0.39 is 0 Å². The molecule has 4 heteroatoms. The molecule has 3 nitrogen and oxygen atoms in total. The minimum Gasteiger partial charge on any atom is -0.309 e. The van der Waals surface area contributed by atoms with Gasteiger partial charge in [0.25, 0.3) is 0 Å². The van der Waals surface area contributed by atoms with Gasteiger partial charge >= 0.3 is 0 Å². The van der Waals surface area contributed by atoms with Crippen LogP contribution in [0.5, 0.6) is 0 Å². The van der Waals surface area contributed by atoms with E-state index in [-0.39, 0.29) is 11.9 Å². The lowest BCUT2D eigenvalue weighted by atomic mass is 9.92. The predicted molar refractivity (Wildman–Crippen MR) is 78.3 cm³/mol. The molecule has 106 valence electrons. The smallest absolute Gasteiger partial charge is 0.128 e. The molecular weight excluding hydrogens is 253 g/mol. The summed E-state index contributed by atoms with van der Waals surface area (Å²) in [5, 5.41) is 11.4. The van der Waals surface area contributed by atoms with Crippen molar-refractivity contribution in [2.75, 3.05) is 7.05 Å². The van der Waals surface area contributed by atoms with Gasteiger partial charge in [0.15, 0.2) is 0 Å². The number of aromatic nitrogens is 2. The third-order valence-electron chi connectivity index (χ3n) is 3.51. The van der Waals surface area contributed by atoms with Crippen molar-refractivity contribution < 1.29 is 4.39 Å². The number of nitrogens with one attached hydrogen (secondary N) is 1. The third-order valence-corrected chi connectivity index (χ3v) is 3.51. The topological polar surface area (TPSA) is 37.8 Å². The Morgan fingerprint density at radius 3 is 2.35 bits per heavy atom. The molecule has 20 heavy (non-hydrogen) atoms. The number of hydrogen-bond acceptors (Lipinski definition) is 3. The number of benzene rings is 1. The Labute approximate surface area is 119 Å². The van der Waals surface area contributed by atoms with Gasteiger partial charge in [-0.2, -0.15) is 10.2 Å². The van der Waals surface area contributed by atoms with Gasteiger partial charge < -0.3 is 5.32 Å². The van der Waals surface area contributed by atoms with E-state index in [0.717, 1.165) is 28.1 Å². The number of aryl methyl sites for hydroxylation is 4. The summed E-state index contributed by atoms with van der Waals surface area (Å²) >= 11 is 0. The zero-order valence-corrected chi connectivity index (χ0v) is 12.6. The summed E-state index contributed by atoms with van der Waals surface area (Å²) in [6, 6.07) is 5.32. The van der Waals surface area contributed by atoms with Gasteiger partial charge in [0, 0.05) is 5.56 Å². The summed E-state index contributed by atoms with van der Waals surface area (Å²) in [6.07, 6.45) is 0. The largest absolute Gasteiger partial charge is 0.309 e. The Kier molecular flexibility index (Phi) is 4.14. The molecule has 0 spiro atoms. The second-order valence-corrected chi connectivity index (χ2v) is 5.23. The number of rotatable bonds is 3. The molecule has 0 aliphatic heterocycles. The van der Waals surface area contributed by atoms with Crippen molar-refractivity contribution >= 4 is 0 Å². The monoisotopic (exact) mass is 273 g/mol. The van der Waals surface area contributed by atoms with Crippen LogP contribution in [-0.4, -0.2) is 17.2 Å². The van der Waals surface area contributed by atoms with Gasteiger partial charge in [-0.1, -0.05) is 6.07 Å². The number of nitrogens with zero attached hydrogens (tertiary/aromatic N) is 2. The molecule has 1 heterocycles. The molecule has 1 atom stereocenters. The predicted octanol–water partition coefficient (Wildman–Crippen LogP) is 3.16. The molecule has 0 amide bonds. The first-order chi connectivity index (χ1) is 9.43. The minimum absolute atomic E-state index is 0.185. The van der Waals surface area contributed by atoms with Crippen molar-refractivity contribution in [1.29, 1.82) is 0 Å². The van der Waals surface area contributed by atoms with Crippen LogP contribution in [0.1, 0.15) is 39.7 Å². The summed E-state index contributed by atoms with van der Waals surface area (Å²) in [4.78, 5) is 0. The van der Waals surface area contributed by atoms with Crippen LogP contribution >= 0.6 is 0 Å². The van der Waals surface area contributed by atoms with Crippen molar-refractivity contribution in [3.05, 3.63) is 57.7 Å². The van der Waals surface area contributed by atoms with Gasteiger partial charge in [0.05, 0.1) is 17.4 Å². The molecule has 1 N–H and O–H groups in total. The van der Waals surface area contributed by atoms with Crippen molar-refractivity contribution in [1.82, 2.24) is 15.5 Å². The zero-order chi connectivity index (χ0) is 14.9. The molecular formula is C16H20FN3. The van der Waals surface area contributed by atoms with Crippen molar-refractivity contribution in [2.24, 2.45) is 0 Å². The molecule has 0 bridgehead atoms. The van der Waals surface area contributed by atoms with Crippen LogP contribution in [0.25, 0.3) is 0 Å². The lowest BCUT2D eigenvalue weighted by Gasteiger charge is -2.22. The molecule has 1 aromatic carbocycles. The van der Waals surface area contributed by atoms with Gasteiger partial charge in [-0.15, -0.1) is 0 Å². The first-order valence-electron chi connectivity index (χ1n) is 6.68. The Hall–Kier alpha value is -1.81. The summed E-state index contributed by atoms with van der Waals surface area (Å²) < 4.78 is 14.4. The molecule has 0 saturated heterocycles. The average Bonchev–Trinajstić information content (AvgIpc) is 2.37. The number of halogens is 1. The highest BCUT2D eigenvalue weighted by Crippen LogP contribution is 2.29. The fraction of sp³-hybridized carbons (Fsp3) is 0.375. The molecule has 0 radical (unpaired) electrons. The Morgan fingerprint density at radius 2 is 1.75 bits per heavy atom. The van der Waals surface area contributed by atoms with Crippen LogP contribution in [0.2, 0.25) is 0 Å². The molecule has 0 aliphatic carbocycles. The summed E-state index contributed by atoms with van der Waals surface area (Å²) in [5.74, 6) is -0.185. The van der Waals surface area contributed by atoms with E-state index in [1.54, 1.807) is 6.07 Å². The quantitative estimate of drug-likeness (QED) is 0.933. The highest BCUT2D eigenvalue weighted by molar-refractivity contribution is 5.41. The highest BCUT2D eigenvalue weighted by Gasteiger charge is 2.21. The van der Waals surface area contributed by atoms with E-state index >= 15 is 0 Å². The minimum atomic E-state index is -0.218. The summed E-state index contributed by atoms with van der Waals surface area (Å²) in [7, 11) is 1.83. The fourth-order valence-electron chi connectivity index (χ4n) is 2.61. The van der Waals surface area contributed by atoms with Gasteiger partial charge in [-0.25, -0.2) is 4.39 Å². The van der Waals surface area contributed by atoms with Crippen LogP contribution in [0.15, 0.2) is 18.2 Å². The van der Waals surface area contributed by atoms with Crippen molar-refractivity contribution in [3.63, 3.8) is 0 Å². The van der Waals surface area contributed by atoms with Crippen LogP contribution in [0.4, 0.5) is 4.39 Å². The Bertz CT molecular complexity index is 615. The van der Waals surface area contributed by atoms with Crippen LogP contribution in [-0.2, 0) is 0 Å². The molecule has 1 aromatic heterocycles. The van der Waals surface area contributed by atoms with E-state index in [0.29, 0.717) is 5.56 Å². The lowest BCUT2D eigenvalue weighted by molar-refractivity contribution is 0.569. The van der Waals surface area contributed by atoms with Gasteiger partial charge in [-0.05, 0) is 63.6 Å². The van der Waals surface area contributed by atoms with E-state index in [1.165, 1.54) is 0 Å². The molecule has 1 unspecified atom stereocenters. The third kappa shape index (κ3) is 2.70. The Morgan fingerprint density at radius 1 is 1.05 bits per heavy atom. The molecule has 2 rings (SSSR count). The zero-order valence-electron chi connectivity index (χ0n) is 12.6. The van der Waals surface area contributed by atoms with Crippen LogP contribution < -0.4 is 5.32 Å². The molecule has 0 fully saturated rings. The maximum atomic E-state index is 14.4. The first kappa shape index (κ1) is 14.6. The van der Waals surface area contributed by atoms with E-state index in [9.17, 15) is 4.39 Å². The van der Waals surface area contributed by atoms with E-state index in [1.807, 2.05) is 46.9 Å². The van der Waals surface area contributed by atoms with Crippen LogP contribution in [0, 0.1) is 33.5 Å². The second kappa shape index (κ2) is 5.67. The standard InChI is InChI=1S/C16H20FN3/c1-9-6-10(2)15(14(17)7-9)16(18-5)13-8-11(3)19-20-12(13)4/h6-8,16,18H,1-5H3. The van der Waals surface area contributed by atoms with Gasteiger partial charge in [0.1, 0.15) is 5.82 Å². The maximum Gasteiger partial charge on any atom is 0.128 e. The normalized spacial score (nSPS) is 12.5. The molecule has 2 aromatic rings. The fourth-order valence-corrected chi connectivity index (χ4v) is 2.61. The van der Waals surface area contributed by atoms with E-state index in [2.05, 4.69) is 15.5 Å². The summed E-state index contributed by atoms with van der Waals surface area (Å²) in [5.41, 5.74) is 5.15. The lowest BCUT2D eigenvalue weighted by Crippen LogP contribution is -2.22. The molecule has 0 aliphatic rings. The Balaban J connectivity index is 2.61. The van der Waals surface area contributed by atoms with E-state index in [4.69, 9.17) is 0 Å². The van der Waals surface area contributed by atoms with Gasteiger partial charge in [0.2, 0.25) is 0 Å². The first-order valence-corrected chi connectivity index (χ1v) is 6.68. The van der Waals surface area contributed by atoms with Gasteiger partial charge in [-0.3, -0.25) is 0 Å². The van der Waals surface area contributed by atoms with Crippen molar-refractivity contribution in [2.45, 2.75) is 33.7 Å². The SMILES string of the molecule is CNC(c1cc(C)nnc1C)c1c(C)cc(C)cc1F. The number of hydrogen-bond donors (Lipinski definition) is 1. The van der Waals surface area contributed by atoms with Crippen molar-refractivity contribution in [3.8, 4) is 0 Å². The average molecular weight is 273 g/mol. The second-order valence-electron chi connectivity index (χ2n) is 5.23.